The van der Waals surface area contributed by atoms with Crippen LogP contribution in [0.3, 0.4) is 0 Å². The van der Waals surface area contributed by atoms with E-state index in [1.807, 2.05) is 18.2 Å². The molecule has 0 atom stereocenters. The molecule has 2 heterocycles. The lowest BCUT2D eigenvalue weighted by Crippen LogP contribution is -2.24. The molecule has 28 heavy (non-hydrogen) atoms. The van der Waals surface area contributed by atoms with Crippen LogP contribution in [0.15, 0.2) is 76.7 Å². The SMILES string of the molecule is O=c1c2sc(-c3ccc(Cl)cc3)cc2ncn1CCS(=O)(=O)c1ccccc1. The van der Waals surface area contributed by atoms with Gasteiger partial charge in [-0.2, -0.15) is 0 Å². The molecule has 5 nitrogen and oxygen atoms in total. The molecule has 0 aliphatic carbocycles. The summed E-state index contributed by atoms with van der Waals surface area (Å²) in [6.07, 6.45) is 1.41. The van der Waals surface area contributed by atoms with Gasteiger partial charge in [-0.25, -0.2) is 13.4 Å². The van der Waals surface area contributed by atoms with Gasteiger partial charge in [0.15, 0.2) is 9.84 Å². The maximum Gasteiger partial charge on any atom is 0.271 e. The molecule has 2 aromatic heterocycles. The number of aryl methyl sites for hydroxylation is 1. The molecule has 0 aliphatic heterocycles. The molecule has 0 amide bonds. The summed E-state index contributed by atoms with van der Waals surface area (Å²) in [5, 5.41) is 0.643. The minimum absolute atomic E-state index is 0.0488. The lowest BCUT2D eigenvalue weighted by molar-refractivity contribution is 0.587. The quantitative estimate of drug-likeness (QED) is 0.474. The minimum atomic E-state index is -3.47. The molecule has 4 aromatic rings. The van der Waals surface area contributed by atoms with E-state index in [1.165, 1.54) is 22.2 Å². The summed E-state index contributed by atoms with van der Waals surface area (Å²) in [6, 6.07) is 17.4. The fourth-order valence-corrected chi connectivity index (χ4v) is 5.26. The minimum Gasteiger partial charge on any atom is -0.297 e. The van der Waals surface area contributed by atoms with Gasteiger partial charge in [-0.1, -0.05) is 41.9 Å². The van der Waals surface area contributed by atoms with Gasteiger partial charge in [-0.3, -0.25) is 9.36 Å². The van der Waals surface area contributed by atoms with Gasteiger partial charge in [0.2, 0.25) is 0 Å². The molecule has 8 heteroatoms. The smallest absolute Gasteiger partial charge is 0.271 e. The Morgan fingerprint density at radius 3 is 2.46 bits per heavy atom. The fraction of sp³-hybridized carbons (Fsp3) is 0.100. The van der Waals surface area contributed by atoms with E-state index in [1.54, 1.807) is 42.5 Å². The van der Waals surface area contributed by atoms with Gasteiger partial charge in [-0.05, 0) is 35.9 Å². The first-order chi connectivity index (χ1) is 13.4. The van der Waals surface area contributed by atoms with Gasteiger partial charge < -0.3 is 0 Å². The van der Waals surface area contributed by atoms with Crippen LogP contribution in [0.25, 0.3) is 20.7 Å². The van der Waals surface area contributed by atoms with Crippen LogP contribution in [0.5, 0.6) is 0 Å². The van der Waals surface area contributed by atoms with E-state index in [2.05, 4.69) is 4.98 Å². The zero-order valence-corrected chi connectivity index (χ0v) is 17.0. The van der Waals surface area contributed by atoms with Gasteiger partial charge >= 0.3 is 0 Å². The zero-order valence-electron chi connectivity index (χ0n) is 14.6. The third kappa shape index (κ3) is 3.73. The van der Waals surface area contributed by atoms with E-state index in [-0.39, 0.29) is 22.8 Å². The van der Waals surface area contributed by atoms with Crippen LogP contribution in [-0.2, 0) is 16.4 Å². The summed E-state index contributed by atoms with van der Waals surface area (Å²) in [5.74, 6) is -0.167. The Kier molecular flexibility index (Phi) is 5.05. The highest BCUT2D eigenvalue weighted by Crippen LogP contribution is 2.31. The first kappa shape index (κ1) is 18.9. The van der Waals surface area contributed by atoms with Crippen molar-refractivity contribution in [1.82, 2.24) is 9.55 Å². The normalized spacial score (nSPS) is 11.8. The molecular weight excluding hydrogens is 416 g/mol. The number of hydrogen-bond donors (Lipinski definition) is 0. The predicted molar refractivity (Wildman–Crippen MR) is 113 cm³/mol. The largest absolute Gasteiger partial charge is 0.297 e. The standard InChI is InChI=1S/C20H15ClN2O3S2/c21-15-8-6-14(7-9-15)18-12-17-19(27-18)20(24)23(13-22-17)10-11-28(25,26)16-4-2-1-3-5-16/h1-9,12-13H,10-11H2. The van der Waals surface area contributed by atoms with Crippen molar-refractivity contribution < 1.29 is 8.42 Å². The average Bonchev–Trinajstić information content (AvgIpc) is 3.14. The van der Waals surface area contributed by atoms with Gasteiger partial charge in [0.25, 0.3) is 5.56 Å². The topological polar surface area (TPSA) is 69.0 Å². The Hall–Kier alpha value is -2.48. The number of rotatable bonds is 5. The first-order valence-corrected chi connectivity index (χ1v) is 11.3. The molecule has 0 fully saturated rings. The second-order valence-corrected chi connectivity index (χ2v) is 9.80. The number of benzene rings is 2. The summed E-state index contributed by atoms with van der Waals surface area (Å²) in [4.78, 5) is 18.3. The first-order valence-electron chi connectivity index (χ1n) is 8.47. The van der Waals surface area contributed by atoms with Crippen molar-refractivity contribution >= 4 is 43.0 Å². The number of aromatic nitrogens is 2. The number of sulfone groups is 1. The third-order valence-corrected chi connectivity index (χ3v) is 7.46. The van der Waals surface area contributed by atoms with E-state index in [4.69, 9.17) is 11.6 Å². The van der Waals surface area contributed by atoms with E-state index in [0.29, 0.717) is 15.2 Å². The molecule has 0 unspecified atom stereocenters. The maximum atomic E-state index is 12.8. The van der Waals surface area contributed by atoms with Crippen LogP contribution in [-0.4, -0.2) is 23.7 Å². The van der Waals surface area contributed by atoms with E-state index >= 15 is 0 Å². The van der Waals surface area contributed by atoms with E-state index in [9.17, 15) is 13.2 Å². The highest BCUT2D eigenvalue weighted by molar-refractivity contribution is 7.91. The molecule has 0 N–H and O–H groups in total. The van der Waals surface area contributed by atoms with E-state index < -0.39 is 9.84 Å². The summed E-state index contributed by atoms with van der Waals surface area (Å²) in [6.45, 7) is 0.0488. The molecule has 142 valence electrons. The van der Waals surface area contributed by atoms with Crippen LogP contribution < -0.4 is 5.56 Å². The molecule has 0 bridgehead atoms. The monoisotopic (exact) mass is 430 g/mol. The maximum absolute atomic E-state index is 12.8. The van der Waals surface area contributed by atoms with Crippen molar-refractivity contribution in [2.24, 2.45) is 0 Å². The summed E-state index contributed by atoms with van der Waals surface area (Å²) >= 11 is 7.27. The third-order valence-electron chi connectivity index (χ3n) is 4.34. The van der Waals surface area contributed by atoms with Crippen molar-refractivity contribution in [3.8, 4) is 10.4 Å². The van der Waals surface area contributed by atoms with Gasteiger partial charge in [0, 0.05) is 16.4 Å². The molecule has 2 aromatic carbocycles. The molecule has 0 aliphatic rings. The van der Waals surface area contributed by atoms with Crippen LogP contribution in [0.2, 0.25) is 5.02 Å². The van der Waals surface area contributed by atoms with E-state index in [0.717, 1.165) is 10.4 Å². The van der Waals surface area contributed by atoms with Crippen molar-refractivity contribution in [3.63, 3.8) is 0 Å². The van der Waals surface area contributed by atoms with Crippen molar-refractivity contribution in [3.05, 3.63) is 82.4 Å². The molecular formula is C20H15ClN2O3S2. The number of thiophene rings is 1. The lowest BCUT2D eigenvalue weighted by atomic mass is 10.2. The second-order valence-electron chi connectivity index (χ2n) is 6.21. The molecule has 0 radical (unpaired) electrons. The molecule has 4 rings (SSSR count). The zero-order chi connectivity index (χ0) is 19.7. The van der Waals surface area contributed by atoms with Gasteiger partial charge in [0.05, 0.1) is 22.5 Å². The Bertz CT molecular complexity index is 1300. The Morgan fingerprint density at radius 1 is 1.04 bits per heavy atom. The van der Waals surface area contributed by atoms with Crippen LogP contribution in [0, 0.1) is 0 Å². The number of hydrogen-bond acceptors (Lipinski definition) is 5. The summed E-state index contributed by atoms with van der Waals surface area (Å²) in [7, 11) is -3.47. The Balaban J connectivity index is 1.63. The lowest BCUT2D eigenvalue weighted by Gasteiger charge is -2.06. The highest BCUT2D eigenvalue weighted by atomic mass is 35.5. The number of fused-ring (bicyclic) bond motifs is 1. The Labute approximate surface area is 170 Å². The predicted octanol–water partition coefficient (Wildman–Crippen LogP) is 4.25. The van der Waals surface area contributed by atoms with Crippen molar-refractivity contribution in [2.45, 2.75) is 11.4 Å². The molecule has 0 saturated carbocycles. The molecule has 0 saturated heterocycles. The fourth-order valence-electron chi connectivity index (χ4n) is 2.83. The van der Waals surface area contributed by atoms with Crippen molar-refractivity contribution in [1.29, 1.82) is 0 Å². The average molecular weight is 431 g/mol. The molecule has 0 spiro atoms. The van der Waals surface area contributed by atoms with Crippen LogP contribution in [0.4, 0.5) is 0 Å². The van der Waals surface area contributed by atoms with Gasteiger partial charge in [0.1, 0.15) is 4.70 Å². The second kappa shape index (κ2) is 7.50. The van der Waals surface area contributed by atoms with Crippen molar-refractivity contribution in [2.75, 3.05) is 5.75 Å². The highest BCUT2D eigenvalue weighted by Gasteiger charge is 2.16. The van der Waals surface area contributed by atoms with Crippen LogP contribution in [0.1, 0.15) is 0 Å². The van der Waals surface area contributed by atoms with Crippen LogP contribution >= 0.6 is 22.9 Å². The Morgan fingerprint density at radius 2 is 1.75 bits per heavy atom. The number of nitrogens with zero attached hydrogens (tertiary/aromatic N) is 2. The summed E-state index contributed by atoms with van der Waals surface area (Å²) in [5.41, 5.74) is 1.31. The summed E-state index contributed by atoms with van der Waals surface area (Å²) < 4.78 is 26.8. The number of halogens is 1. The van der Waals surface area contributed by atoms with Gasteiger partial charge in [-0.15, -0.1) is 11.3 Å².